The summed E-state index contributed by atoms with van der Waals surface area (Å²) in [5, 5.41) is 0. The molecular formula is C12H17NO. The highest BCUT2D eigenvalue weighted by molar-refractivity contribution is 5.82. The SMILES string of the molecule is Cc1ccc(C(C(N)=O)C(C)C)cc1. The van der Waals surface area contributed by atoms with Crippen molar-refractivity contribution in [2.24, 2.45) is 11.7 Å². The van der Waals surface area contributed by atoms with E-state index >= 15 is 0 Å². The highest BCUT2D eigenvalue weighted by Crippen LogP contribution is 2.23. The van der Waals surface area contributed by atoms with E-state index in [4.69, 9.17) is 5.73 Å². The van der Waals surface area contributed by atoms with E-state index < -0.39 is 0 Å². The second-order valence-electron chi connectivity index (χ2n) is 4.03. The van der Waals surface area contributed by atoms with Gasteiger partial charge < -0.3 is 5.73 Å². The fraction of sp³-hybridized carbons (Fsp3) is 0.417. The number of primary amides is 1. The van der Waals surface area contributed by atoms with Crippen LogP contribution in [0.4, 0.5) is 0 Å². The molecule has 1 rings (SSSR count). The summed E-state index contributed by atoms with van der Waals surface area (Å²) in [6.45, 7) is 6.04. The molecule has 0 aromatic heterocycles. The second-order valence-corrected chi connectivity index (χ2v) is 4.03. The van der Waals surface area contributed by atoms with Crippen LogP contribution in [0.2, 0.25) is 0 Å². The Morgan fingerprint density at radius 1 is 1.21 bits per heavy atom. The number of carbonyl (C=O) groups excluding carboxylic acids is 1. The Morgan fingerprint density at radius 2 is 1.71 bits per heavy atom. The number of hydrogen-bond donors (Lipinski definition) is 1. The molecule has 0 aliphatic carbocycles. The van der Waals surface area contributed by atoms with E-state index in [0.717, 1.165) is 5.56 Å². The zero-order valence-corrected chi connectivity index (χ0v) is 8.95. The van der Waals surface area contributed by atoms with Gasteiger partial charge in [0.25, 0.3) is 0 Å². The number of benzene rings is 1. The maximum atomic E-state index is 11.2. The van der Waals surface area contributed by atoms with Crippen LogP contribution < -0.4 is 5.73 Å². The average molecular weight is 191 g/mol. The van der Waals surface area contributed by atoms with Gasteiger partial charge in [-0.1, -0.05) is 43.7 Å². The second kappa shape index (κ2) is 4.27. The number of amides is 1. The number of aryl methyl sites for hydroxylation is 1. The lowest BCUT2D eigenvalue weighted by atomic mass is 9.87. The summed E-state index contributed by atoms with van der Waals surface area (Å²) in [6, 6.07) is 7.97. The summed E-state index contributed by atoms with van der Waals surface area (Å²) in [5.74, 6) is -0.172. The number of carbonyl (C=O) groups is 1. The molecule has 0 heterocycles. The Kier molecular flexibility index (Phi) is 3.28. The van der Waals surface area contributed by atoms with Crippen LogP contribution in [-0.4, -0.2) is 5.91 Å². The van der Waals surface area contributed by atoms with Gasteiger partial charge in [0.15, 0.2) is 0 Å². The Hall–Kier alpha value is -1.31. The van der Waals surface area contributed by atoms with Crippen molar-refractivity contribution in [2.75, 3.05) is 0 Å². The summed E-state index contributed by atoms with van der Waals surface area (Å²) >= 11 is 0. The molecule has 1 atom stereocenters. The van der Waals surface area contributed by atoms with Gasteiger partial charge in [-0.05, 0) is 18.4 Å². The van der Waals surface area contributed by atoms with Crippen molar-refractivity contribution in [3.8, 4) is 0 Å². The van der Waals surface area contributed by atoms with Crippen LogP contribution >= 0.6 is 0 Å². The van der Waals surface area contributed by atoms with E-state index in [-0.39, 0.29) is 17.7 Å². The molecule has 0 aliphatic heterocycles. The molecule has 0 aliphatic rings. The minimum atomic E-state index is -0.246. The molecule has 0 spiro atoms. The van der Waals surface area contributed by atoms with Crippen LogP contribution in [0.1, 0.15) is 30.9 Å². The summed E-state index contributed by atoms with van der Waals surface area (Å²) in [4.78, 5) is 11.2. The van der Waals surface area contributed by atoms with Crippen LogP contribution in [0.15, 0.2) is 24.3 Å². The first-order valence-electron chi connectivity index (χ1n) is 4.88. The Balaban J connectivity index is 3.00. The molecule has 14 heavy (non-hydrogen) atoms. The highest BCUT2D eigenvalue weighted by Gasteiger charge is 2.20. The van der Waals surface area contributed by atoms with E-state index in [0.29, 0.717) is 0 Å². The molecule has 0 saturated carbocycles. The highest BCUT2D eigenvalue weighted by atomic mass is 16.1. The molecule has 2 N–H and O–H groups in total. The van der Waals surface area contributed by atoms with Gasteiger partial charge in [-0.25, -0.2) is 0 Å². The van der Waals surface area contributed by atoms with Gasteiger partial charge in [0.1, 0.15) is 0 Å². The van der Waals surface area contributed by atoms with Crippen molar-refractivity contribution in [2.45, 2.75) is 26.7 Å². The van der Waals surface area contributed by atoms with Crippen molar-refractivity contribution < 1.29 is 4.79 Å². The molecule has 1 unspecified atom stereocenters. The standard InChI is InChI=1S/C12H17NO/c1-8(2)11(12(13)14)10-6-4-9(3)5-7-10/h4-8,11H,1-3H3,(H2,13,14). The zero-order chi connectivity index (χ0) is 10.7. The first-order valence-corrected chi connectivity index (χ1v) is 4.88. The minimum absolute atomic E-state index is 0.171. The van der Waals surface area contributed by atoms with E-state index in [1.165, 1.54) is 5.56 Å². The third-order valence-electron chi connectivity index (χ3n) is 2.41. The summed E-state index contributed by atoms with van der Waals surface area (Å²) < 4.78 is 0. The van der Waals surface area contributed by atoms with Crippen LogP contribution in [-0.2, 0) is 4.79 Å². The third kappa shape index (κ3) is 2.34. The van der Waals surface area contributed by atoms with E-state index in [2.05, 4.69) is 0 Å². The van der Waals surface area contributed by atoms with Crippen molar-refractivity contribution in [1.82, 2.24) is 0 Å². The predicted molar refractivity (Wildman–Crippen MR) is 58.0 cm³/mol. The number of nitrogens with two attached hydrogens (primary N) is 1. The van der Waals surface area contributed by atoms with Crippen LogP contribution in [0.3, 0.4) is 0 Å². The van der Waals surface area contributed by atoms with Crippen molar-refractivity contribution in [1.29, 1.82) is 0 Å². The molecule has 1 aromatic rings. The van der Waals surface area contributed by atoms with E-state index in [1.807, 2.05) is 45.0 Å². The van der Waals surface area contributed by atoms with Gasteiger partial charge in [0, 0.05) is 0 Å². The zero-order valence-electron chi connectivity index (χ0n) is 8.95. The predicted octanol–water partition coefficient (Wildman–Crippen LogP) is 2.22. The van der Waals surface area contributed by atoms with Crippen molar-refractivity contribution in [3.05, 3.63) is 35.4 Å². The quantitative estimate of drug-likeness (QED) is 0.782. The molecule has 0 radical (unpaired) electrons. The summed E-state index contributed by atoms with van der Waals surface area (Å²) in [6.07, 6.45) is 0. The van der Waals surface area contributed by atoms with Gasteiger partial charge in [-0.3, -0.25) is 4.79 Å². The van der Waals surface area contributed by atoms with Crippen LogP contribution in [0.25, 0.3) is 0 Å². The summed E-state index contributed by atoms with van der Waals surface area (Å²) in [7, 11) is 0. The number of rotatable bonds is 3. The van der Waals surface area contributed by atoms with Gasteiger partial charge >= 0.3 is 0 Å². The first kappa shape index (κ1) is 10.8. The third-order valence-corrected chi connectivity index (χ3v) is 2.41. The lowest BCUT2D eigenvalue weighted by molar-refractivity contribution is -0.120. The Bertz CT molecular complexity index is 314. The molecule has 2 nitrogen and oxygen atoms in total. The lowest BCUT2D eigenvalue weighted by Gasteiger charge is -2.17. The van der Waals surface area contributed by atoms with E-state index in [9.17, 15) is 4.79 Å². The van der Waals surface area contributed by atoms with Crippen molar-refractivity contribution >= 4 is 5.91 Å². The molecule has 0 bridgehead atoms. The molecule has 2 heteroatoms. The topological polar surface area (TPSA) is 43.1 Å². The van der Waals surface area contributed by atoms with Crippen molar-refractivity contribution in [3.63, 3.8) is 0 Å². The van der Waals surface area contributed by atoms with Gasteiger partial charge in [0.05, 0.1) is 5.92 Å². The summed E-state index contributed by atoms with van der Waals surface area (Å²) in [5.41, 5.74) is 7.58. The fourth-order valence-electron chi connectivity index (χ4n) is 1.65. The molecule has 76 valence electrons. The maximum absolute atomic E-state index is 11.2. The monoisotopic (exact) mass is 191 g/mol. The fourth-order valence-corrected chi connectivity index (χ4v) is 1.65. The van der Waals surface area contributed by atoms with E-state index in [1.54, 1.807) is 0 Å². The van der Waals surface area contributed by atoms with Gasteiger partial charge in [-0.15, -0.1) is 0 Å². The van der Waals surface area contributed by atoms with Gasteiger partial charge in [0.2, 0.25) is 5.91 Å². The number of hydrogen-bond acceptors (Lipinski definition) is 1. The molecule has 0 saturated heterocycles. The molecular weight excluding hydrogens is 174 g/mol. The lowest BCUT2D eigenvalue weighted by Crippen LogP contribution is -2.25. The molecule has 0 fully saturated rings. The average Bonchev–Trinajstić information content (AvgIpc) is 2.07. The molecule has 1 aromatic carbocycles. The minimum Gasteiger partial charge on any atom is -0.369 e. The Morgan fingerprint density at radius 3 is 2.07 bits per heavy atom. The smallest absolute Gasteiger partial charge is 0.225 e. The van der Waals surface area contributed by atoms with Crippen LogP contribution in [0.5, 0.6) is 0 Å². The normalized spacial score (nSPS) is 12.9. The molecule has 1 amide bonds. The van der Waals surface area contributed by atoms with Gasteiger partial charge in [-0.2, -0.15) is 0 Å². The first-order chi connectivity index (χ1) is 6.52. The van der Waals surface area contributed by atoms with Crippen LogP contribution in [0, 0.1) is 12.8 Å². The Labute approximate surface area is 85.1 Å². The largest absolute Gasteiger partial charge is 0.369 e. The maximum Gasteiger partial charge on any atom is 0.225 e.